The van der Waals surface area contributed by atoms with Gasteiger partial charge in [0.1, 0.15) is 6.04 Å². The average molecular weight is 295 g/mol. The summed E-state index contributed by atoms with van der Waals surface area (Å²) in [5.74, 6) is -0.228. The summed E-state index contributed by atoms with van der Waals surface area (Å²) in [6.07, 6.45) is 7.80. The molecule has 0 amide bonds. The molecule has 1 aliphatic heterocycles. The minimum absolute atomic E-state index is 0.481. The predicted octanol–water partition coefficient (Wildman–Crippen LogP) is 2.39. The molecule has 2 heterocycles. The highest BCUT2D eigenvalue weighted by atomic mass is 32.1. The van der Waals surface area contributed by atoms with Gasteiger partial charge in [0, 0.05) is 18.0 Å². The van der Waals surface area contributed by atoms with E-state index >= 15 is 0 Å². The molecule has 2 unspecified atom stereocenters. The monoisotopic (exact) mass is 295 g/mol. The fourth-order valence-electron chi connectivity index (χ4n) is 3.54. The molecule has 1 aromatic rings. The molecule has 5 nitrogen and oxygen atoms in total. The van der Waals surface area contributed by atoms with Crippen molar-refractivity contribution in [2.45, 2.75) is 50.6 Å². The van der Waals surface area contributed by atoms with Gasteiger partial charge in [-0.3, -0.25) is 4.79 Å². The molecule has 20 heavy (non-hydrogen) atoms. The highest BCUT2D eigenvalue weighted by Crippen LogP contribution is 2.38. The molecule has 0 bridgehead atoms. The normalized spacial score (nSPS) is 25.2. The Labute approximate surface area is 122 Å². The van der Waals surface area contributed by atoms with Crippen LogP contribution in [-0.2, 0) is 4.79 Å². The molecule has 1 saturated heterocycles. The summed E-state index contributed by atoms with van der Waals surface area (Å²) >= 11 is 1.53. The first kappa shape index (κ1) is 13.8. The zero-order valence-corrected chi connectivity index (χ0v) is 12.3. The van der Waals surface area contributed by atoms with Crippen molar-refractivity contribution in [3.63, 3.8) is 0 Å². The zero-order valence-electron chi connectivity index (χ0n) is 11.5. The van der Waals surface area contributed by atoms with Crippen LogP contribution in [0, 0.1) is 5.92 Å². The first-order valence-electron chi connectivity index (χ1n) is 7.37. The minimum Gasteiger partial charge on any atom is -0.480 e. The largest absolute Gasteiger partial charge is 0.480 e. The molecule has 2 fully saturated rings. The number of hydrogen-bond acceptors (Lipinski definition) is 5. The second-order valence-corrected chi connectivity index (χ2v) is 6.65. The highest BCUT2D eigenvalue weighted by Gasteiger charge is 2.35. The first-order chi connectivity index (χ1) is 9.66. The molecule has 6 heteroatoms. The summed E-state index contributed by atoms with van der Waals surface area (Å²) in [7, 11) is 0. The quantitative estimate of drug-likeness (QED) is 0.891. The van der Waals surface area contributed by atoms with Gasteiger partial charge >= 0.3 is 5.97 Å². The summed E-state index contributed by atoms with van der Waals surface area (Å²) in [4.78, 5) is 17.8. The van der Waals surface area contributed by atoms with Crippen LogP contribution in [0.2, 0.25) is 0 Å². The van der Waals surface area contributed by atoms with Crippen LogP contribution in [0.5, 0.6) is 0 Å². The second-order valence-electron chi connectivity index (χ2n) is 5.82. The molecule has 1 aliphatic carbocycles. The lowest BCUT2D eigenvalue weighted by Crippen LogP contribution is -2.34. The Bertz CT molecular complexity index is 485. The Balaban J connectivity index is 1.76. The zero-order chi connectivity index (χ0) is 14.1. The summed E-state index contributed by atoms with van der Waals surface area (Å²) in [6, 6.07) is -0.412. The van der Waals surface area contributed by atoms with E-state index in [9.17, 15) is 4.79 Å². The van der Waals surface area contributed by atoms with Crippen LogP contribution in [0.15, 0.2) is 5.38 Å². The minimum atomic E-state index is -1.02. The van der Waals surface area contributed by atoms with E-state index in [0.717, 1.165) is 17.6 Å². The van der Waals surface area contributed by atoms with Gasteiger partial charge in [0.25, 0.3) is 0 Å². The number of rotatable bonds is 4. The van der Waals surface area contributed by atoms with Crippen LogP contribution in [-0.4, -0.2) is 28.6 Å². The number of nitrogens with zero attached hydrogens (tertiary/aromatic N) is 2. The lowest BCUT2D eigenvalue weighted by molar-refractivity contribution is -0.138. The van der Waals surface area contributed by atoms with E-state index in [1.807, 2.05) is 0 Å². The lowest BCUT2D eigenvalue weighted by atomic mass is 9.96. The Morgan fingerprint density at radius 1 is 1.40 bits per heavy atom. The fourth-order valence-corrected chi connectivity index (χ4v) is 4.49. The van der Waals surface area contributed by atoms with Gasteiger partial charge in [0.15, 0.2) is 5.13 Å². The van der Waals surface area contributed by atoms with E-state index in [1.54, 1.807) is 5.38 Å². The van der Waals surface area contributed by atoms with Gasteiger partial charge in [0.2, 0.25) is 0 Å². The Morgan fingerprint density at radius 3 is 2.85 bits per heavy atom. The number of aliphatic carboxylic acids is 1. The number of aromatic nitrogens is 1. The molecule has 1 aromatic heterocycles. The Morgan fingerprint density at radius 2 is 2.15 bits per heavy atom. The lowest BCUT2D eigenvalue weighted by Gasteiger charge is -2.29. The number of carboxylic acids is 1. The van der Waals surface area contributed by atoms with Gasteiger partial charge in [0.05, 0.1) is 5.69 Å². The topological polar surface area (TPSA) is 79.5 Å². The van der Waals surface area contributed by atoms with Gasteiger partial charge in [-0.1, -0.05) is 12.8 Å². The van der Waals surface area contributed by atoms with E-state index in [4.69, 9.17) is 10.8 Å². The summed E-state index contributed by atoms with van der Waals surface area (Å²) in [5, 5.41) is 11.7. The van der Waals surface area contributed by atoms with Crippen LogP contribution in [0.3, 0.4) is 0 Å². The maximum atomic E-state index is 10.9. The van der Waals surface area contributed by atoms with Gasteiger partial charge in [-0.25, -0.2) is 4.98 Å². The smallest absolute Gasteiger partial charge is 0.326 e. The molecule has 0 aromatic carbocycles. The third kappa shape index (κ3) is 2.54. The van der Waals surface area contributed by atoms with E-state index in [0.29, 0.717) is 11.7 Å². The number of thiazole rings is 1. The van der Waals surface area contributed by atoms with Crippen molar-refractivity contribution in [3.05, 3.63) is 11.1 Å². The van der Waals surface area contributed by atoms with Crippen molar-refractivity contribution >= 4 is 22.4 Å². The van der Waals surface area contributed by atoms with E-state index < -0.39 is 12.0 Å². The molecule has 3 rings (SSSR count). The standard InChI is InChI=1S/C14H21N3O2S/c15-12(13(18)19)10-8-20-14(16-10)17-7-3-6-11(17)9-4-1-2-5-9/h8-9,11-12H,1-7,15H2,(H,18,19). The number of carbonyl (C=O) groups is 1. The predicted molar refractivity (Wildman–Crippen MR) is 79.0 cm³/mol. The molecule has 2 aliphatic rings. The third-order valence-electron chi connectivity index (χ3n) is 4.58. The van der Waals surface area contributed by atoms with Gasteiger partial charge in [-0.05, 0) is 31.6 Å². The molecular weight excluding hydrogens is 274 g/mol. The van der Waals surface area contributed by atoms with Crippen LogP contribution in [0.1, 0.15) is 50.3 Å². The van der Waals surface area contributed by atoms with Crippen LogP contribution >= 0.6 is 11.3 Å². The average Bonchev–Trinajstić information content (AvgIpc) is 3.16. The van der Waals surface area contributed by atoms with Crippen molar-refractivity contribution in [1.82, 2.24) is 4.98 Å². The highest BCUT2D eigenvalue weighted by molar-refractivity contribution is 7.13. The fraction of sp³-hybridized carbons (Fsp3) is 0.714. The Kier molecular flexibility index (Phi) is 3.94. The van der Waals surface area contributed by atoms with Gasteiger partial charge in [-0.2, -0.15) is 0 Å². The van der Waals surface area contributed by atoms with E-state index in [1.165, 1.54) is 49.9 Å². The molecule has 2 atom stereocenters. The van der Waals surface area contributed by atoms with Crippen molar-refractivity contribution < 1.29 is 9.90 Å². The van der Waals surface area contributed by atoms with E-state index in [2.05, 4.69) is 9.88 Å². The van der Waals surface area contributed by atoms with E-state index in [-0.39, 0.29) is 0 Å². The van der Waals surface area contributed by atoms with Crippen molar-refractivity contribution in [3.8, 4) is 0 Å². The van der Waals surface area contributed by atoms with Crippen molar-refractivity contribution in [1.29, 1.82) is 0 Å². The molecule has 0 radical (unpaired) electrons. The van der Waals surface area contributed by atoms with Gasteiger partial charge in [-0.15, -0.1) is 11.3 Å². The molecular formula is C14H21N3O2S. The van der Waals surface area contributed by atoms with Crippen molar-refractivity contribution in [2.75, 3.05) is 11.4 Å². The second kappa shape index (κ2) is 5.69. The molecule has 110 valence electrons. The molecule has 0 spiro atoms. The maximum absolute atomic E-state index is 10.9. The summed E-state index contributed by atoms with van der Waals surface area (Å²) in [6.45, 7) is 1.04. The third-order valence-corrected chi connectivity index (χ3v) is 5.48. The number of hydrogen-bond donors (Lipinski definition) is 2. The molecule has 3 N–H and O–H groups in total. The summed E-state index contributed by atoms with van der Waals surface area (Å²) < 4.78 is 0. The number of anilines is 1. The van der Waals surface area contributed by atoms with Crippen LogP contribution in [0.4, 0.5) is 5.13 Å². The Hall–Kier alpha value is -1.14. The van der Waals surface area contributed by atoms with Crippen molar-refractivity contribution in [2.24, 2.45) is 11.7 Å². The number of nitrogens with two attached hydrogens (primary N) is 1. The first-order valence-corrected chi connectivity index (χ1v) is 8.25. The SMILES string of the molecule is NC(C(=O)O)c1csc(N2CCCC2C2CCCC2)n1. The summed E-state index contributed by atoms with van der Waals surface area (Å²) in [5.41, 5.74) is 6.11. The maximum Gasteiger partial charge on any atom is 0.326 e. The number of carboxylic acid groups (broad SMARTS) is 1. The van der Waals surface area contributed by atoms with Gasteiger partial charge < -0.3 is 15.7 Å². The molecule has 1 saturated carbocycles. The van der Waals surface area contributed by atoms with Crippen LogP contribution in [0.25, 0.3) is 0 Å². The van der Waals surface area contributed by atoms with Crippen LogP contribution < -0.4 is 10.6 Å².